The number of rotatable bonds is 6. The van der Waals surface area contributed by atoms with Crippen molar-refractivity contribution in [2.75, 3.05) is 37.9 Å². The maximum Gasteiger partial charge on any atom is 0.243 e. The molecule has 6 nitrogen and oxygen atoms in total. The van der Waals surface area contributed by atoms with Crippen LogP contribution in [0.1, 0.15) is 0 Å². The first-order chi connectivity index (χ1) is 12.1. The average Bonchev–Trinajstić information content (AvgIpc) is 2.54. The lowest BCUT2D eigenvalue weighted by molar-refractivity contribution is -0.116. The second-order valence-corrected chi connectivity index (χ2v) is 8.25. The second-order valence-electron chi connectivity index (χ2n) is 5.79. The van der Waals surface area contributed by atoms with Crippen LogP contribution in [0.15, 0.2) is 47.4 Å². The number of anilines is 2. The number of nitrogens with one attached hydrogen (secondary N) is 1. The number of carbonyl (C=O) groups is 1. The van der Waals surface area contributed by atoms with Crippen LogP contribution in [0, 0.1) is 5.82 Å². The fourth-order valence-electron chi connectivity index (χ4n) is 2.33. The summed E-state index contributed by atoms with van der Waals surface area (Å²) < 4.78 is 38.8. The Balaban J connectivity index is 2.15. The third-order valence-electron chi connectivity index (χ3n) is 3.60. The van der Waals surface area contributed by atoms with Crippen molar-refractivity contribution in [3.8, 4) is 0 Å². The standard InChI is InChI=1S/C17H19ClFN3O3S/c1-21(2)17-14(18)5-4-6-15(17)20-16(23)11-22(3)26(24,25)13-9-7-12(19)8-10-13/h4-10H,11H2,1-3H3,(H,20,23). The summed E-state index contributed by atoms with van der Waals surface area (Å²) in [5.41, 5.74) is 1.09. The molecular formula is C17H19ClFN3O3S. The van der Waals surface area contributed by atoms with Crippen LogP contribution in [-0.2, 0) is 14.8 Å². The highest BCUT2D eigenvalue weighted by Crippen LogP contribution is 2.32. The fourth-order valence-corrected chi connectivity index (χ4v) is 3.80. The molecule has 0 aliphatic carbocycles. The van der Waals surface area contributed by atoms with Gasteiger partial charge in [-0.05, 0) is 36.4 Å². The Morgan fingerprint density at radius 3 is 2.31 bits per heavy atom. The minimum Gasteiger partial charge on any atom is -0.375 e. The van der Waals surface area contributed by atoms with Crippen LogP contribution in [0.5, 0.6) is 0 Å². The van der Waals surface area contributed by atoms with Gasteiger partial charge in [-0.1, -0.05) is 17.7 Å². The summed E-state index contributed by atoms with van der Waals surface area (Å²) in [7, 11) is 0.932. The molecule has 2 aromatic carbocycles. The van der Waals surface area contributed by atoms with Gasteiger partial charge in [-0.3, -0.25) is 4.79 Å². The van der Waals surface area contributed by atoms with E-state index in [4.69, 9.17) is 11.6 Å². The van der Waals surface area contributed by atoms with E-state index in [1.807, 2.05) is 0 Å². The summed E-state index contributed by atoms with van der Waals surface area (Å²) in [6.45, 7) is -0.404. The van der Waals surface area contributed by atoms with Gasteiger partial charge in [-0.2, -0.15) is 4.31 Å². The van der Waals surface area contributed by atoms with Gasteiger partial charge < -0.3 is 10.2 Å². The number of amides is 1. The monoisotopic (exact) mass is 399 g/mol. The van der Waals surface area contributed by atoms with E-state index in [0.29, 0.717) is 16.4 Å². The molecule has 1 N–H and O–H groups in total. The highest BCUT2D eigenvalue weighted by Gasteiger charge is 2.23. The summed E-state index contributed by atoms with van der Waals surface area (Å²) in [6, 6.07) is 9.46. The molecule has 0 bridgehead atoms. The van der Waals surface area contributed by atoms with E-state index in [-0.39, 0.29) is 4.90 Å². The number of hydrogen-bond acceptors (Lipinski definition) is 4. The highest BCUT2D eigenvalue weighted by molar-refractivity contribution is 7.89. The van der Waals surface area contributed by atoms with Crippen LogP contribution in [-0.4, -0.2) is 46.3 Å². The summed E-state index contributed by atoms with van der Waals surface area (Å²) in [5, 5.41) is 3.12. The van der Waals surface area contributed by atoms with Crippen molar-refractivity contribution >= 4 is 38.9 Å². The van der Waals surface area contributed by atoms with Crippen molar-refractivity contribution in [2.24, 2.45) is 0 Å². The van der Waals surface area contributed by atoms with Crippen molar-refractivity contribution in [3.05, 3.63) is 53.3 Å². The van der Waals surface area contributed by atoms with E-state index in [1.54, 1.807) is 37.2 Å². The van der Waals surface area contributed by atoms with E-state index >= 15 is 0 Å². The van der Waals surface area contributed by atoms with Crippen molar-refractivity contribution in [2.45, 2.75) is 4.90 Å². The average molecular weight is 400 g/mol. The lowest BCUT2D eigenvalue weighted by Crippen LogP contribution is -2.35. The van der Waals surface area contributed by atoms with Gasteiger partial charge in [0.2, 0.25) is 15.9 Å². The lowest BCUT2D eigenvalue weighted by Gasteiger charge is -2.21. The summed E-state index contributed by atoms with van der Waals surface area (Å²) in [4.78, 5) is 14.0. The Morgan fingerprint density at radius 2 is 1.73 bits per heavy atom. The fraction of sp³-hybridized carbons (Fsp3) is 0.235. The number of nitrogens with zero attached hydrogens (tertiary/aromatic N) is 2. The van der Waals surface area contributed by atoms with Crippen LogP contribution in [0.25, 0.3) is 0 Å². The van der Waals surface area contributed by atoms with Crippen LogP contribution < -0.4 is 10.2 Å². The van der Waals surface area contributed by atoms with Gasteiger partial charge in [0, 0.05) is 21.1 Å². The van der Waals surface area contributed by atoms with E-state index in [1.165, 1.54) is 7.05 Å². The Morgan fingerprint density at radius 1 is 1.12 bits per heavy atom. The molecule has 2 rings (SSSR count). The number of sulfonamides is 1. The van der Waals surface area contributed by atoms with Crippen LogP contribution in [0.4, 0.5) is 15.8 Å². The smallest absolute Gasteiger partial charge is 0.243 e. The molecule has 0 aliphatic rings. The molecular weight excluding hydrogens is 381 g/mol. The molecule has 0 saturated carbocycles. The maximum atomic E-state index is 13.0. The van der Waals surface area contributed by atoms with Gasteiger partial charge in [0.25, 0.3) is 0 Å². The first-order valence-electron chi connectivity index (χ1n) is 7.60. The van der Waals surface area contributed by atoms with E-state index < -0.39 is 28.3 Å². The van der Waals surface area contributed by atoms with Crippen LogP contribution in [0.3, 0.4) is 0 Å². The molecule has 0 spiro atoms. The minimum absolute atomic E-state index is 0.0917. The zero-order valence-electron chi connectivity index (χ0n) is 14.5. The van der Waals surface area contributed by atoms with Crippen LogP contribution >= 0.6 is 11.6 Å². The largest absolute Gasteiger partial charge is 0.375 e. The van der Waals surface area contributed by atoms with Gasteiger partial charge in [-0.25, -0.2) is 12.8 Å². The van der Waals surface area contributed by atoms with Crippen molar-refractivity contribution in [1.82, 2.24) is 4.31 Å². The third kappa shape index (κ3) is 4.51. The molecule has 0 heterocycles. The molecule has 9 heteroatoms. The van der Waals surface area contributed by atoms with E-state index in [0.717, 1.165) is 28.6 Å². The highest BCUT2D eigenvalue weighted by atomic mass is 35.5. The molecule has 0 radical (unpaired) electrons. The van der Waals surface area contributed by atoms with E-state index in [9.17, 15) is 17.6 Å². The summed E-state index contributed by atoms with van der Waals surface area (Å²) >= 11 is 6.15. The summed E-state index contributed by atoms with van der Waals surface area (Å²) in [6.07, 6.45) is 0. The van der Waals surface area contributed by atoms with Crippen LogP contribution in [0.2, 0.25) is 5.02 Å². The van der Waals surface area contributed by atoms with Gasteiger partial charge in [0.05, 0.1) is 27.8 Å². The molecule has 0 aromatic heterocycles. The summed E-state index contributed by atoms with van der Waals surface area (Å²) in [5.74, 6) is -1.06. The predicted molar refractivity (Wildman–Crippen MR) is 101 cm³/mol. The van der Waals surface area contributed by atoms with Gasteiger partial charge in [0.15, 0.2) is 0 Å². The molecule has 0 fully saturated rings. The topological polar surface area (TPSA) is 69.7 Å². The maximum absolute atomic E-state index is 13.0. The number of para-hydroxylation sites is 1. The molecule has 0 aliphatic heterocycles. The predicted octanol–water partition coefficient (Wildman–Crippen LogP) is 2.80. The zero-order chi connectivity index (χ0) is 19.5. The molecule has 0 saturated heterocycles. The number of benzene rings is 2. The molecule has 0 atom stereocenters. The van der Waals surface area contributed by atoms with Gasteiger partial charge >= 0.3 is 0 Å². The van der Waals surface area contributed by atoms with Crippen molar-refractivity contribution in [3.63, 3.8) is 0 Å². The minimum atomic E-state index is -3.91. The molecule has 0 unspecified atom stereocenters. The second kappa shape index (κ2) is 8.03. The van der Waals surface area contributed by atoms with Gasteiger partial charge in [0.1, 0.15) is 5.82 Å². The Kier molecular flexibility index (Phi) is 6.22. The number of hydrogen-bond donors (Lipinski definition) is 1. The SMILES string of the molecule is CN(C)c1c(Cl)cccc1NC(=O)CN(C)S(=O)(=O)c1ccc(F)cc1. The normalized spacial score (nSPS) is 11.5. The van der Waals surface area contributed by atoms with E-state index in [2.05, 4.69) is 5.32 Å². The Hall–Kier alpha value is -2.16. The number of likely N-dealkylation sites (N-methyl/N-ethyl adjacent to an activating group) is 1. The van der Waals surface area contributed by atoms with Gasteiger partial charge in [-0.15, -0.1) is 0 Å². The van der Waals surface area contributed by atoms with Crippen molar-refractivity contribution in [1.29, 1.82) is 0 Å². The first kappa shape index (κ1) is 20.2. The number of carbonyl (C=O) groups excluding carboxylic acids is 1. The Bertz CT molecular complexity index is 902. The molecule has 1 amide bonds. The quantitative estimate of drug-likeness (QED) is 0.810. The molecule has 140 valence electrons. The lowest BCUT2D eigenvalue weighted by atomic mass is 10.2. The molecule has 2 aromatic rings. The third-order valence-corrected chi connectivity index (χ3v) is 5.72. The first-order valence-corrected chi connectivity index (χ1v) is 9.42. The zero-order valence-corrected chi connectivity index (χ0v) is 16.1. The Labute approximate surface area is 157 Å². The number of halogens is 2. The molecule has 26 heavy (non-hydrogen) atoms. The van der Waals surface area contributed by atoms with Crippen molar-refractivity contribution < 1.29 is 17.6 Å².